The van der Waals surface area contributed by atoms with Gasteiger partial charge in [-0.05, 0) is 23.8 Å². The number of carbonyl (C=O) groups is 1. The molecule has 3 aromatic rings. The molecule has 1 atom stereocenters. The standard InChI is InChI=1S/C19H13NOS/c21-12-16-11-15-10-14-8-4-5-9-17(14)20-19(15)22-18(16)13-6-2-1-3-7-13/h1-12,18H. The molecule has 1 aromatic heterocycles. The van der Waals surface area contributed by atoms with Crippen molar-refractivity contribution in [1.82, 2.24) is 4.98 Å². The van der Waals surface area contributed by atoms with Crippen LogP contribution in [-0.4, -0.2) is 11.3 Å². The summed E-state index contributed by atoms with van der Waals surface area (Å²) in [7, 11) is 0. The molecule has 0 bridgehead atoms. The van der Waals surface area contributed by atoms with Crippen LogP contribution in [0.5, 0.6) is 0 Å². The lowest BCUT2D eigenvalue weighted by molar-refractivity contribution is -0.104. The zero-order valence-corrected chi connectivity index (χ0v) is 12.6. The lowest BCUT2D eigenvalue weighted by atomic mass is 10.0. The topological polar surface area (TPSA) is 30.0 Å². The molecule has 4 rings (SSSR count). The first-order chi connectivity index (χ1) is 10.8. The number of aromatic nitrogens is 1. The average molecular weight is 303 g/mol. The summed E-state index contributed by atoms with van der Waals surface area (Å²) in [6.45, 7) is 0. The molecule has 2 aromatic carbocycles. The molecule has 0 fully saturated rings. The van der Waals surface area contributed by atoms with Crippen LogP contribution >= 0.6 is 11.8 Å². The minimum Gasteiger partial charge on any atom is -0.298 e. The molecular weight excluding hydrogens is 290 g/mol. The van der Waals surface area contributed by atoms with Crippen LogP contribution in [0.15, 0.2) is 71.3 Å². The van der Waals surface area contributed by atoms with E-state index in [1.807, 2.05) is 48.5 Å². The Labute approximate surface area is 132 Å². The second kappa shape index (κ2) is 5.43. The molecular formula is C19H13NOS. The summed E-state index contributed by atoms with van der Waals surface area (Å²) in [4.78, 5) is 16.3. The molecule has 2 heterocycles. The van der Waals surface area contributed by atoms with Crippen molar-refractivity contribution in [3.8, 4) is 0 Å². The summed E-state index contributed by atoms with van der Waals surface area (Å²) in [6, 6.07) is 20.3. The van der Waals surface area contributed by atoms with E-state index in [2.05, 4.69) is 18.2 Å². The van der Waals surface area contributed by atoms with Gasteiger partial charge in [0.1, 0.15) is 11.3 Å². The molecule has 3 heteroatoms. The van der Waals surface area contributed by atoms with Crippen molar-refractivity contribution >= 4 is 35.0 Å². The normalized spacial score (nSPS) is 16.9. The van der Waals surface area contributed by atoms with E-state index in [0.29, 0.717) is 0 Å². The molecule has 0 saturated carbocycles. The molecule has 0 radical (unpaired) electrons. The van der Waals surface area contributed by atoms with Crippen molar-refractivity contribution in [1.29, 1.82) is 0 Å². The van der Waals surface area contributed by atoms with Gasteiger partial charge in [0.25, 0.3) is 0 Å². The second-order valence-electron chi connectivity index (χ2n) is 5.25. The maximum atomic E-state index is 11.5. The third-order valence-electron chi connectivity index (χ3n) is 3.81. The molecule has 0 aliphatic carbocycles. The number of nitrogens with zero attached hydrogens (tertiary/aromatic N) is 1. The van der Waals surface area contributed by atoms with E-state index in [-0.39, 0.29) is 5.25 Å². The van der Waals surface area contributed by atoms with Crippen molar-refractivity contribution in [2.45, 2.75) is 10.3 Å². The Morgan fingerprint density at radius 1 is 1.00 bits per heavy atom. The Kier molecular flexibility index (Phi) is 3.28. The number of pyridine rings is 1. The molecule has 0 N–H and O–H groups in total. The highest BCUT2D eigenvalue weighted by Gasteiger charge is 2.24. The van der Waals surface area contributed by atoms with E-state index in [1.165, 1.54) is 0 Å². The number of aldehydes is 1. The fourth-order valence-corrected chi connectivity index (χ4v) is 3.91. The predicted molar refractivity (Wildman–Crippen MR) is 90.8 cm³/mol. The van der Waals surface area contributed by atoms with Crippen LogP contribution in [0.3, 0.4) is 0 Å². The Morgan fingerprint density at radius 2 is 1.77 bits per heavy atom. The number of para-hydroxylation sites is 1. The van der Waals surface area contributed by atoms with Crippen LogP contribution in [0.2, 0.25) is 0 Å². The van der Waals surface area contributed by atoms with Gasteiger partial charge in [-0.3, -0.25) is 4.79 Å². The smallest absolute Gasteiger partial charge is 0.147 e. The molecule has 1 aliphatic heterocycles. The maximum absolute atomic E-state index is 11.5. The summed E-state index contributed by atoms with van der Waals surface area (Å²) >= 11 is 1.65. The first-order valence-corrected chi connectivity index (χ1v) is 8.01. The van der Waals surface area contributed by atoms with E-state index in [0.717, 1.165) is 38.9 Å². The molecule has 0 spiro atoms. The first kappa shape index (κ1) is 13.3. The number of carbonyl (C=O) groups excluding carboxylic acids is 1. The van der Waals surface area contributed by atoms with Gasteiger partial charge in [-0.15, -0.1) is 0 Å². The van der Waals surface area contributed by atoms with Crippen LogP contribution < -0.4 is 0 Å². The van der Waals surface area contributed by atoms with Crippen molar-refractivity contribution in [3.05, 3.63) is 77.4 Å². The monoisotopic (exact) mass is 303 g/mol. The van der Waals surface area contributed by atoms with Gasteiger partial charge in [-0.25, -0.2) is 4.98 Å². The molecule has 1 aliphatic rings. The quantitative estimate of drug-likeness (QED) is 0.645. The molecule has 106 valence electrons. The summed E-state index contributed by atoms with van der Waals surface area (Å²) < 4.78 is 0. The number of rotatable bonds is 2. The summed E-state index contributed by atoms with van der Waals surface area (Å²) in [5.41, 5.74) is 3.94. The van der Waals surface area contributed by atoms with Gasteiger partial charge >= 0.3 is 0 Å². The maximum Gasteiger partial charge on any atom is 0.147 e. The second-order valence-corrected chi connectivity index (χ2v) is 6.34. The summed E-state index contributed by atoms with van der Waals surface area (Å²) in [6.07, 6.45) is 2.93. The highest BCUT2D eigenvalue weighted by atomic mass is 32.2. The number of thioether (sulfide) groups is 1. The first-order valence-electron chi connectivity index (χ1n) is 7.13. The lowest BCUT2D eigenvalue weighted by Crippen LogP contribution is -2.06. The number of hydrogen-bond acceptors (Lipinski definition) is 3. The highest BCUT2D eigenvalue weighted by molar-refractivity contribution is 7.99. The molecule has 22 heavy (non-hydrogen) atoms. The largest absolute Gasteiger partial charge is 0.298 e. The Balaban J connectivity index is 1.86. The van der Waals surface area contributed by atoms with Gasteiger partial charge in [0, 0.05) is 16.5 Å². The minimum absolute atomic E-state index is 0.0138. The fourth-order valence-electron chi connectivity index (χ4n) is 2.73. The zero-order valence-electron chi connectivity index (χ0n) is 11.8. The van der Waals surface area contributed by atoms with Crippen LogP contribution in [0.1, 0.15) is 16.4 Å². The Hall–Kier alpha value is -2.39. The molecule has 2 nitrogen and oxygen atoms in total. The number of hydrogen-bond donors (Lipinski definition) is 0. The van der Waals surface area contributed by atoms with Gasteiger partial charge in [-0.2, -0.15) is 0 Å². The third-order valence-corrected chi connectivity index (χ3v) is 5.14. The van der Waals surface area contributed by atoms with E-state index in [1.54, 1.807) is 11.8 Å². The SMILES string of the molecule is O=CC1=Cc2cc3ccccc3nc2SC1c1ccccc1. The average Bonchev–Trinajstić information content (AvgIpc) is 2.59. The van der Waals surface area contributed by atoms with Crippen molar-refractivity contribution in [2.75, 3.05) is 0 Å². The van der Waals surface area contributed by atoms with E-state index < -0.39 is 0 Å². The van der Waals surface area contributed by atoms with Crippen LogP contribution in [0.4, 0.5) is 0 Å². The van der Waals surface area contributed by atoms with Gasteiger partial charge in [0.2, 0.25) is 0 Å². The summed E-state index contributed by atoms with van der Waals surface area (Å²) in [5, 5.41) is 2.10. The Bertz CT molecular complexity index is 886. The lowest BCUT2D eigenvalue weighted by Gasteiger charge is -2.22. The van der Waals surface area contributed by atoms with Crippen molar-refractivity contribution in [2.24, 2.45) is 0 Å². The van der Waals surface area contributed by atoms with E-state index in [9.17, 15) is 4.79 Å². The van der Waals surface area contributed by atoms with Crippen molar-refractivity contribution in [3.63, 3.8) is 0 Å². The van der Waals surface area contributed by atoms with Gasteiger partial charge in [0.15, 0.2) is 0 Å². The molecule has 0 saturated heterocycles. The predicted octanol–water partition coefficient (Wildman–Crippen LogP) is 4.66. The van der Waals surface area contributed by atoms with E-state index in [4.69, 9.17) is 4.98 Å². The highest BCUT2D eigenvalue weighted by Crippen LogP contribution is 2.45. The van der Waals surface area contributed by atoms with Gasteiger partial charge in [-0.1, -0.05) is 60.3 Å². The van der Waals surface area contributed by atoms with E-state index >= 15 is 0 Å². The number of fused-ring (bicyclic) bond motifs is 2. The van der Waals surface area contributed by atoms with Crippen molar-refractivity contribution < 1.29 is 4.79 Å². The van der Waals surface area contributed by atoms with Crippen LogP contribution in [0.25, 0.3) is 17.0 Å². The number of benzene rings is 2. The third kappa shape index (κ3) is 2.24. The fraction of sp³-hybridized carbons (Fsp3) is 0.0526. The van der Waals surface area contributed by atoms with Gasteiger partial charge in [0.05, 0.1) is 10.8 Å². The van der Waals surface area contributed by atoms with Crippen LogP contribution in [-0.2, 0) is 4.79 Å². The Morgan fingerprint density at radius 3 is 2.59 bits per heavy atom. The minimum atomic E-state index is 0.0138. The molecule has 0 amide bonds. The zero-order chi connectivity index (χ0) is 14.9. The molecule has 1 unspecified atom stereocenters. The summed E-state index contributed by atoms with van der Waals surface area (Å²) in [5.74, 6) is 0. The van der Waals surface area contributed by atoms with Gasteiger partial charge < -0.3 is 0 Å². The van der Waals surface area contributed by atoms with Crippen LogP contribution in [0, 0.1) is 0 Å².